The maximum Gasteiger partial charge on any atom is 0.224 e. The Morgan fingerprint density at radius 3 is 2.80 bits per heavy atom. The van der Waals surface area contributed by atoms with Crippen molar-refractivity contribution in [2.75, 3.05) is 20.3 Å². The van der Waals surface area contributed by atoms with E-state index in [1.165, 1.54) is 0 Å². The van der Waals surface area contributed by atoms with Gasteiger partial charge >= 0.3 is 0 Å². The maximum atomic E-state index is 11.7. The van der Waals surface area contributed by atoms with E-state index >= 15 is 0 Å². The van der Waals surface area contributed by atoms with E-state index in [-0.39, 0.29) is 17.4 Å². The number of ether oxygens (including phenoxy) is 1. The Morgan fingerprint density at radius 1 is 1.67 bits per heavy atom. The number of carbonyl (C=O) groups is 1. The zero-order valence-electron chi connectivity index (χ0n) is 9.62. The lowest BCUT2D eigenvalue weighted by molar-refractivity contribution is -0.130. The number of likely N-dealkylation sites (tertiary alicyclic amines) is 1. The molecule has 0 aromatic rings. The number of hydrogen-bond donors (Lipinski definition) is 0. The standard InChI is InChI=1S/C11H18N2O2/c1-11(2)9(8-12)7-10(14)13(11)5-4-6-15-3/h9H,4-7H2,1-3H3. The van der Waals surface area contributed by atoms with Crippen LogP contribution in [0.4, 0.5) is 0 Å². The van der Waals surface area contributed by atoms with Crippen LogP contribution in [0.3, 0.4) is 0 Å². The first kappa shape index (κ1) is 12.0. The van der Waals surface area contributed by atoms with Crippen LogP contribution in [0, 0.1) is 17.2 Å². The first-order valence-electron chi connectivity index (χ1n) is 5.23. The molecule has 0 bridgehead atoms. The van der Waals surface area contributed by atoms with Crippen LogP contribution in [-0.4, -0.2) is 36.6 Å². The summed E-state index contributed by atoms with van der Waals surface area (Å²) in [6, 6.07) is 2.21. The first-order valence-corrected chi connectivity index (χ1v) is 5.23. The van der Waals surface area contributed by atoms with Gasteiger partial charge in [-0.05, 0) is 20.3 Å². The van der Waals surface area contributed by atoms with E-state index in [0.29, 0.717) is 19.6 Å². The highest BCUT2D eigenvalue weighted by Gasteiger charge is 2.45. The van der Waals surface area contributed by atoms with Gasteiger partial charge in [0, 0.05) is 26.7 Å². The van der Waals surface area contributed by atoms with Gasteiger partial charge in [-0.1, -0.05) is 0 Å². The lowest BCUT2D eigenvalue weighted by Gasteiger charge is -2.33. The van der Waals surface area contributed by atoms with E-state index in [4.69, 9.17) is 10.00 Å². The van der Waals surface area contributed by atoms with E-state index in [9.17, 15) is 4.79 Å². The number of carbonyl (C=O) groups excluding carboxylic acids is 1. The average molecular weight is 210 g/mol. The highest BCUT2D eigenvalue weighted by Crippen LogP contribution is 2.34. The summed E-state index contributed by atoms with van der Waals surface area (Å²) in [4.78, 5) is 13.5. The summed E-state index contributed by atoms with van der Waals surface area (Å²) in [5.41, 5.74) is -0.334. The fourth-order valence-corrected chi connectivity index (χ4v) is 2.03. The van der Waals surface area contributed by atoms with E-state index in [1.54, 1.807) is 12.0 Å². The molecule has 15 heavy (non-hydrogen) atoms. The molecule has 4 heteroatoms. The van der Waals surface area contributed by atoms with E-state index in [0.717, 1.165) is 6.42 Å². The summed E-state index contributed by atoms with van der Waals surface area (Å²) in [6.45, 7) is 5.24. The molecule has 1 unspecified atom stereocenters. The molecule has 1 rings (SSSR count). The molecule has 1 fully saturated rings. The molecule has 0 radical (unpaired) electrons. The molecule has 1 saturated heterocycles. The van der Waals surface area contributed by atoms with Crippen LogP contribution < -0.4 is 0 Å². The molecule has 0 spiro atoms. The summed E-state index contributed by atoms with van der Waals surface area (Å²) in [7, 11) is 1.65. The van der Waals surface area contributed by atoms with Crippen LogP contribution in [-0.2, 0) is 9.53 Å². The Bertz CT molecular complexity index is 281. The number of methoxy groups -OCH3 is 1. The normalized spacial score (nSPS) is 24.3. The molecular formula is C11H18N2O2. The minimum absolute atomic E-state index is 0.0858. The van der Waals surface area contributed by atoms with Crippen LogP contribution in [0.15, 0.2) is 0 Å². The average Bonchev–Trinajstić information content (AvgIpc) is 2.40. The third-order valence-electron chi connectivity index (χ3n) is 3.11. The van der Waals surface area contributed by atoms with Crippen molar-refractivity contribution in [2.24, 2.45) is 5.92 Å². The van der Waals surface area contributed by atoms with Gasteiger partial charge in [-0.25, -0.2) is 0 Å². The number of nitrogens with zero attached hydrogens (tertiary/aromatic N) is 2. The van der Waals surface area contributed by atoms with Gasteiger partial charge in [0.25, 0.3) is 0 Å². The number of hydrogen-bond acceptors (Lipinski definition) is 3. The molecule has 4 nitrogen and oxygen atoms in total. The van der Waals surface area contributed by atoms with Gasteiger partial charge in [0.2, 0.25) is 5.91 Å². The quantitative estimate of drug-likeness (QED) is 0.654. The summed E-state index contributed by atoms with van der Waals surface area (Å²) in [6.07, 6.45) is 1.18. The SMILES string of the molecule is COCCCN1C(=O)CC(C#N)C1(C)C. The van der Waals surface area contributed by atoms with Crippen LogP contribution in [0.2, 0.25) is 0 Å². The summed E-state index contributed by atoms with van der Waals surface area (Å²) in [5.74, 6) is -0.102. The smallest absolute Gasteiger partial charge is 0.224 e. The molecule has 1 aliphatic heterocycles. The molecule has 1 heterocycles. The van der Waals surface area contributed by atoms with Gasteiger partial charge in [-0.2, -0.15) is 5.26 Å². The van der Waals surface area contributed by atoms with Crippen LogP contribution in [0.25, 0.3) is 0 Å². The minimum atomic E-state index is -0.334. The van der Waals surface area contributed by atoms with E-state index in [2.05, 4.69) is 6.07 Å². The number of amides is 1. The highest BCUT2D eigenvalue weighted by atomic mass is 16.5. The second-order valence-corrected chi connectivity index (χ2v) is 4.43. The summed E-state index contributed by atoms with van der Waals surface area (Å²) < 4.78 is 4.96. The highest BCUT2D eigenvalue weighted by molar-refractivity contribution is 5.80. The number of rotatable bonds is 4. The Balaban J connectivity index is 2.63. The van der Waals surface area contributed by atoms with Gasteiger partial charge in [-0.3, -0.25) is 4.79 Å². The van der Waals surface area contributed by atoms with Gasteiger partial charge in [-0.15, -0.1) is 0 Å². The van der Waals surface area contributed by atoms with Gasteiger partial charge in [0.1, 0.15) is 0 Å². The molecule has 0 aliphatic carbocycles. The largest absolute Gasteiger partial charge is 0.385 e. The third kappa shape index (κ3) is 2.29. The predicted octanol–water partition coefficient (Wildman–Crippen LogP) is 1.17. The molecule has 84 valence electrons. The van der Waals surface area contributed by atoms with E-state index in [1.807, 2.05) is 13.8 Å². The molecule has 0 aromatic carbocycles. The summed E-state index contributed by atoms with van der Waals surface area (Å²) in [5, 5.41) is 8.96. The van der Waals surface area contributed by atoms with Gasteiger partial charge < -0.3 is 9.64 Å². The van der Waals surface area contributed by atoms with Gasteiger partial charge in [0.15, 0.2) is 0 Å². The zero-order valence-corrected chi connectivity index (χ0v) is 9.62. The van der Waals surface area contributed by atoms with Crippen molar-refractivity contribution in [1.29, 1.82) is 5.26 Å². The van der Waals surface area contributed by atoms with Crippen molar-refractivity contribution in [3.05, 3.63) is 0 Å². The Hall–Kier alpha value is -1.08. The minimum Gasteiger partial charge on any atom is -0.385 e. The predicted molar refractivity (Wildman–Crippen MR) is 56.0 cm³/mol. The van der Waals surface area contributed by atoms with Crippen LogP contribution >= 0.6 is 0 Å². The van der Waals surface area contributed by atoms with Crippen molar-refractivity contribution < 1.29 is 9.53 Å². The van der Waals surface area contributed by atoms with Gasteiger partial charge in [0.05, 0.1) is 17.5 Å². The number of nitriles is 1. The second kappa shape index (κ2) is 4.63. The van der Waals surface area contributed by atoms with Crippen molar-refractivity contribution in [3.63, 3.8) is 0 Å². The van der Waals surface area contributed by atoms with Crippen molar-refractivity contribution in [1.82, 2.24) is 4.90 Å². The Kier molecular flexibility index (Phi) is 3.70. The second-order valence-electron chi connectivity index (χ2n) is 4.43. The van der Waals surface area contributed by atoms with Crippen LogP contribution in [0.5, 0.6) is 0 Å². The fraction of sp³-hybridized carbons (Fsp3) is 0.818. The Morgan fingerprint density at radius 2 is 2.33 bits per heavy atom. The lowest BCUT2D eigenvalue weighted by Crippen LogP contribution is -2.44. The Labute approximate surface area is 90.8 Å². The topological polar surface area (TPSA) is 53.3 Å². The molecule has 0 aromatic heterocycles. The van der Waals surface area contributed by atoms with Crippen molar-refractivity contribution >= 4 is 5.91 Å². The molecule has 1 atom stereocenters. The molecule has 1 amide bonds. The molecule has 1 aliphatic rings. The van der Waals surface area contributed by atoms with Crippen molar-refractivity contribution in [3.8, 4) is 6.07 Å². The zero-order chi connectivity index (χ0) is 11.5. The monoisotopic (exact) mass is 210 g/mol. The van der Waals surface area contributed by atoms with Crippen LogP contribution in [0.1, 0.15) is 26.7 Å². The molecular weight excluding hydrogens is 192 g/mol. The van der Waals surface area contributed by atoms with E-state index < -0.39 is 0 Å². The molecule has 0 N–H and O–H groups in total. The van der Waals surface area contributed by atoms with Crippen molar-refractivity contribution in [2.45, 2.75) is 32.2 Å². The first-order chi connectivity index (χ1) is 7.04. The fourth-order valence-electron chi connectivity index (χ4n) is 2.03. The summed E-state index contributed by atoms with van der Waals surface area (Å²) >= 11 is 0. The molecule has 0 saturated carbocycles. The third-order valence-corrected chi connectivity index (χ3v) is 3.11. The lowest BCUT2D eigenvalue weighted by atomic mass is 9.90. The maximum absolute atomic E-state index is 11.7.